The maximum atomic E-state index is 10.6. The molecular formula is C5H7NO2S. The predicted octanol–water partition coefficient (Wildman–Crippen LogP) is 0.337. The average Bonchev–Trinajstić information content (AvgIpc) is 1.92. The highest BCUT2D eigenvalue weighted by Gasteiger charge is 2.00. The SMILES string of the molecule is O=S1(=O)C=CCC=CN1. The minimum absolute atomic E-state index is 0.673. The zero-order valence-corrected chi connectivity index (χ0v) is 5.56. The van der Waals surface area contributed by atoms with Crippen LogP contribution in [0.1, 0.15) is 6.42 Å². The zero-order chi connectivity index (χ0) is 6.74. The first-order chi connectivity index (χ1) is 4.21. The summed E-state index contributed by atoms with van der Waals surface area (Å²) in [5.41, 5.74) is 0. The lowest BCUT2D eigenvalue weighted by Gasteiger charge is -1.91. The summed E-state index contributed by atoms with van der Waals surface area (Å²) >= 11 is 0. The van der Waals surface area contributed by atoms with Crippen molar-refractivity contribution in [1.82, 2.24) is 4.72 Å². The van der Waals surface area contributed by atoms with Crippen LogP contribution in [0.25, 0.3) is 0 Å². The first-order valence-corrected chi connectivity index (χ1v) is 4.09. The molecule has 0 aliphatic carbocycles. The van der Waals surface area contributed by atoms with Gasteiger partial charge in [-0.25, -0.2) is 8.42 Å². The average molecular weight is 145 g/mol. The van der Waals surface area contributed by atoms with Crippen LogP contribution in [-0.4, -0.2) is 8.42 Å². The molecule has 0 amide bonds. The molecule has 1 rings (SSSR count). The van der Waals surface area contributed by atoms with Gasteiger partial charge in [0, 0.05) is 11.6 Å². The molecule has 1 aliphatic rings. The smallest absolute Gasteiger partial charge is 0.254 e. The summed E-state index contributed by atoms with van der Waals surface area (Å²) in [5, 5.41) is 1.16. The molecule has 0 fully saturated rings. The number of rotatable bonds is 0. The summed E-state index contributed by atoms with van der Waals surface area (Å²) in [6, 6.07) is 0. The number of sulfonamides is 1. The second-order valence-electron chi connectivity index (χ2n) is 1.67. The number of nitrogens with one attached hydrogen (secondary N) is 1. The summed E-state index contributed by atoms with van der Waals surface area (Å²) in [6.45, 7) is 0. The van der Waals surface area contributed by atoms with E-state index >= 15 is 0 Å². The van der Waals surface area contributed by atoms with Gasteiger partial charge in [0.2, 0.25) is 0 Å². The lowest BCUT2D eigenvalue weighted by molar-refractivity contribution is 0.599. The molecule has 0 aromatic carbocycles. The Balaban J connectivity index is 2.91. The van der Waals surface area contributed by atoms with Crippen molar-refractivity contribution >= 4 is 10.0 Å². The third-order valence-electron chi connectivity index (χ3n) is 0.898. The van der Waals surface area contributed by atoms with Crippen LogP contribution in [0.3, 0.4) is 0 Å². The number of hydrogen-bond acceptors (Lipinski definition) is 2. The van der Waals surface area contributed by atoms with E-state index in [2.05, 4.69) is 4.72 Å². The molecule has 3 nitrogen and oxygen atoms in total. The van der Waals surface area contributed by atoms with E-state index in [0.717, 1.165) is 5.41 Å². The van der Waals surface area contributed by atoms with Crippen LogP contribution in [0.2, 0.25) is 0 Å². The summed E-state index contributed by atoms with van der Waals surface area (Å²) in [5.74, 6) is 0. The molecule has 0 aromatic heterocycles. The van der Waals surface area contributed by atoms with Crippen molar-refractivity contribution in [3.63, 3.8) is 0 Å². The summed E-state index contributed by atoms with van der Waals surface area (Å²) < 4.78 is 23.5. The molecule has 0 spiro atoms. The van der Waals surface area contributed by atoms with Crippen LogP contribution in [0.4, 0.5) is 0 Å². The first kappa shape index (κ1) is 6.35. The van der Waals surface area contributed by atoms with Crippen molar-refractivity contribution in [2.75, 3.05) is 0 Å². The topological polar surface area (TPSA) is 46.2 Å². The second-order valence-corrected chi connectivity index (χ2v) is 3.27. The molecular weight excluding hydrogens is 138 g/mol. The second kappa shape index (κ2) is 2.23. The van der Waals surface area contributed by atoms with Gasteiger partial charge in [0.15, 0.2) is 0 Å². The van der Waals surface area contributed by atoms with Crippen LogP contribution in [0.15, 0.2) is 23.8 Å². The van der Waals surface area contributed by atoms with Gasteiger partial charge >= 0.3 is 0 Å². The van der Waals surface area contributed by atoms with Crippen molar-refractivity contribution in [2.24, 2.45) is 0 Å². The van der Waals surface area contributed by atoms with E-state index in [0.29, 0.717) is 6.42 Å². The van der Waals surface area contributed by atoms with Crippen molar-refractivity contribution in [3.05, 3.63) is 23.8 Å². The predicted molar refractivity (Wildman–Crippen MR) is 35.0 cm³/mol. The van der Waals surface area contributed by atoms with E-state index in [1.54, 1.807) is 12.2 Å². The summed E-state index contributed by atoms with van der Waals surface area (Å²) in [6.07, 6.45) is 5.43. The third kappa shape index (κ3) is 1.89. The fraction of sp³-hybridized carbons (Fsp3) is 0.200. The van der Waals surface area contributed by atoms with Crippen molar-refractivity contribution in [1.29, 1.82) is 0 Å². The Labute approximate surface area is 54.1 Å². The summed E-state index contributed by atoms with van der Waals surface area (Å²) in [4.78, 5) is 0. The van der Waals surface area contributed by atoms with Gasteiger partial charge in [-0.1, -0.05) is 12.2 Å². The molecule has 4 heteroatoms. The molecule has 0 unspecified atom stereocenters. The zero-order valence-electron chi connectivity index (χ0n) is 4.74. The molecule has 0 radical (unpaired) electrons. The monoisotopic (exact) mass is 145 g/mol. The van der Waals surface area contributed by atoms with Gasteiger partial charge < -0.3 is 0 Å². The Kier molecular flexibility index (Phi) is 1.57. The van der Waals surface area contributed by atoms with Gasteiger partial charge in [0.1, 0.15) is 0 Å². The van der Waals surface area contributed by atoms with Crippen molar-refractivity contribution in [2.45, 2.75) is 6.42 Å². The molecule has 0 atom stereocenters. The Morgan fingerprint density at radius 1 is 1.33 bits per heavy atom. The van der Waals surface area contributed by atoms with Crippen LogP contribution in [0.5, 0.6) is 0 Å². The van der Waals surface area contributed by atoms with Crippen molar-refractivity contribution in [3.8, 4) is 0 Å². The minimum atomic E-state index is -3.14. The van der Waals surface area contributed by atoms with Gasteiger partial charge in [0.25, 0.3) is 10.0 Å². The number of hydrogen-bond donors (Lipinski definition) is 1. The van der Waals surface area contributed by atoms with Crippen molar-refractivity contribution < 1.29 is 8.42 Å². The molecule has 0 saturated carbocycles. The van der Waals surface area contributed by atoms with E-state index < -0.39 is 10.0 Å². The summed E-state index contributed by atoms with van der Waals surface area (Å²) in [7, 11) is -3.14. The quantitative estimate of drug-likeness (QED) is 0.534. The normalized spacial score (nSPS) is 22.7. The molecule has 1 heterocycles. The third-order valence-corrected chi connectivity index (χ3v) is 1.91. The largest absolute Gasteiger partial charge is 0.287 e. The van der Waals surface area contributed by atoms with Crippen LogP contribution in [-0.2, 0) is 10.0 Å². The van der Waals surface area contributed by atoms with E-state index in [4.69, 9.17) is 0 Å². The molecule has 1 N–H and O–H groups in total. The van der Waals surface area contributed by atoms with Crippen LogP contribution < -0.4 is 4.72 Å². The molecule has 0 saturated heterocycles. The molecule has 1 aliphatic heterocycles. The first-order valence-electron chi connectivity index (χ1n) is 2.54. The molecule has 50 valence electrons. The molecule has 0 aromatic rings. The van der Waals surface area contributed by atoms with Gasteiger partial charge in [-0.3, -0.25) is 4.72 Å². The Morgan fingerprint density at radius 2 is 2.11 bits per heavy atom. The van der Waals surface area contributed by atoms with Gasteiger partial charge in [-0.05, 0) is 6.42 Å². The fourth-order valence-electron chi connectivity index (χ4n) is 0.511. The highest BCUT2D eigenvalue weighted by molar-refractivity contribution is 7.92. The highest BCUT2D eigenvalue weighted by atomic mass is 32.2. The van der Waals surface area contributed by atoms with E-state index in [1.807, 2.05) is 0 Å². The maximum Gasteiger partial charge on any atom is 0.254 e. The van der Waals surface area contributed by atoms with Crippen LogP contribution in [0, 0.1) is 0 Å². The highest BCUT2D eigenvalue weighted by Crippen LogP contribution is 1.95. The lowest BCUT2D eigenvalue weighted by Crippen LogP contribution is -2.12. The van der Waals surface area contributed by atoms with E-state index in [1.165, 1.54) is 6.20 Å². The lowest BCUT2D eigenvalue weighted by atomic mass is 10.4. The fourth-order valence-corrected chi connectivity index (χ4v) is 1.24. The standard InChI is InChI=1S/C5H7NO2S/c7-9(8)5-3-1-2-4-6-9/h2-6H,1H2. The Hall–Kier alpha value is -0.770. The Morgan fingerprint density at radius 3 is 2.89 bits per heavy atom. The molecule has 0 bridgehead atoms. The van der Waals surface area contributed by atoms with E-state index in [-0.39, 0.29) is 0 Å². The van der Waals surface area contributed by atoms with Gasteiger partial charge in [-0.2, -0.15) is 0 Å². The maximum absolute atomic E-state index is 10.6. The van der Waals surface area contributed by atoms with Crippen LogP contribution >= 0.6 is 0 Å². The van der Waals surface area contributed by atoms with Gasteiger partial charge in [-0.15, -0.1) is 0 Å². The number of allylic oxidation sites excluding steroid dienone is 2. The minimum Gasteiger partial charge on any atom is -0.287 e. The Bertz CT molecular complexity index is 238. The van der Waals surface area contributed by atoms with E-state index in [9.17, 15) is 8.42 Å². The van der Waals surface area contributed by atoms with Gasteiger partial charge in [0.05, 0.1) is 0 Å². The molecule has 9 heavy (non-hydrogen) atoms.